The van der Waals surface area contributed by atoms with Crippen molar-refractivity contribution in [1.29, 1.82) is 0 Å². The van der Waals surface area contributed by atoms with Gasteiger partial charge in [0.2, 0.25) is 0 Å². The van der Waals surface area contributed by atoms with Crippen molar-refractivity contribution in [3.8, 4) is 0 Å². The minimum Gasteiger partial charge on any atom is -0.340 e. The SMILES string of the molecule is CC(=O)c1ccc(NC(=O)c2ccnc(Nc3ccc(C)c(C)c3)c2)cc1. The summed E-state index contributed by atoms with van der Waals surface area (Å²) in [6.07, 6.45) is 1.59. The Bertz CT molecular complexity index is 995. The van der Waals surface area contributed by atoms with Crippen molar-refractivity contribution in [1.82, 2.24) is 4.98 Å². The molecule has 2 N–H and O–H groups in total. The lowest BCUT2D eigenvalue weighted by Crippen LogP contribution is -2.12. The number of rotatable bonds is 5. The minimum absolute atomic E-state index is 0.0101. The molecule has 0 unspecified atom stereocenters. The second kappa shape index (κ2) is 7.83. The highest BCUT2D eigenvalue weighted by molar-refractivity contribution is 6.05. The number of Topliss-reactive ketones (excluding diaryl/α,β-unsaturated/α-hetero) is 1. The number of nitrogens with zero attached hydrogens (tertiary/aromatic N) is 1. The zero-order chi connectivity index (χ0) is 19.4. The second-order valence-electron chi connectivity index (χ2n) is 6.44. The van der Waals surface area contributed by atoms with Gasteiger partial charge in [-0.3, -0.25) is 9.59 Å². The number of benzene rings is 2. The van der Waals surface area contributed by atoms with Gasteiger partial charge in [0, 0.05) is 28.7 Å². The van der Waals surface area contributed by atoms with E-state index in [0.717, 1.165) is 5.69 Å². The molecular formula is C22H21N3O2. The maximum atomic E-state index is 12.5. The number of ketones is 1. The molecule has 0 aliphatic heterocycles. The first-order valence-electron chi connectivity index (χ1n) is 8.65. The highest BCUT2D eigenvalue weighted by Crippen LogP contribution is 2.19. The normalized spacial score (nSPS) is 10.3. The lowest BCUT2D eigenvalue weighted by Gasteiger charge is -2.10. The van der Waals surface area contributed by atoms with Crippen LogP contribution in [0, 0.1) is 13.8 Å². The molecule has 0 spiro atoms. The Hall–Kier alpha value is -3.47. The van der Waals surface area contributed by atoms with E-state index in [2.05, 4.69) is 29.5 Å². The number of carbonyl (C=O) groups is 2. The molecule has 1 aromatic heterocycles. The van der Waals surface area contributed by atoms with E-state index in [0.29, 0.717) is 22.6 Å². The van der Waals surface area contributed by atoms with Crippen LogP contribution >= 0.6 is 0 Å². The fraction of sp³-hybridized carbons (Fsp3) is 0.136. The van der Waals surface area contributed by atoms with Gasteiger partial charge in [-0.15, -0.1) is 0 Å². The largest absolute Gasteiger partial charge is 0.340 e. The Kier molecular flexibility index (Phi) is 5.31. The molecule has 0 aliphatic rings. The first kappa shape index (κ1) is 18.3. The van der Waals surface area contributed by atoms with Gasteiger partial charge in [0.25, 0.3) is 5.91 Å². The third-order valence-electron chi connectivity index (χ3n) is 4.35. The van der Waals surface area contributed by atoms with E-state index in [-0.39, 0.29) is 11.7 Å². The van der Waals surface area contributed by atoms with Gasteiger partial charge in [0.05, 0.1) is 0 Å². The van der Waals surface area contributed by atoms with Crippen LogP contribution in [0.2, 0.25) is 0 Å². The highest BCUT2D eigenvalue weighted by Gasteiger charge is 2.09. The number of aryl methyl sites for hydroxylation is 2. The number of nitrogens with one attached hydrogen (secondary N) is 2. The second-order valence-corrected chi connectivity index (χ2v) is 6.44. The van der Waals surface area contributed by atoms with Crippen molar-refractivity contribution in [3.63, 3.8) is 0 Å². The molecule has 5 nitrogen and oxygen atoms in total. The monoisotopic (exact) mass is 359 g/mol. The summed E-state index contributed by atoms with van der Waals surface area (Å²) in [4.78, 5) is 28.1. The fourth-order valence-electron chi connectivity index (χ4n) is 2.60. The molecule has 0 saturated heterocycles. The van der Waals surface area contributed by atoms with Gasteiger partial charge in [0.15, 0.2) is 5.78 Å². The summed E-state index contributed by atoms with van der Waals surface area (Å²) in [6.45, 7) is 5.62. The maximum Gasteiger partial charge on any atom is 0.255 e. The molecule has 0 saturated carbocycles. The van der Waals surface area contributed by atoms with Crippen molar-refractivity contribution in [2.45, 2.75) is 20.8 Å². The topological polar surface area (TPSA) is 71.1 Å². The Morgan fingerprint density at radius 3 is 2.19 bits per heavy atom. The smallest absolute Gasteiger partial charge is 0.255 e. The van der Waals surface area contributed by atoms with Crippen LogP contribution < -0.4 is 10.6 Å². The third-order valence-corrected chi connectivity index (χ3v) is 4.35. The minimum atomic E-state index is -0.240. The van der Waals surface area contributed by atoms with E-state index >= 15 is 0 Å². The molecule has 136 valence electrons. The van der Waals surface area contributed by atoms with Crippen LogP contribution in [0.3, 0.4) is 0 Å². The van der Waals surface area contributed by atoms with Crippen molar-refractivity contribution in [2.24, 2.45) is 0 Å². The fourth-order valence-corrected chi connectivity index (χ4v) is 2.60. The zero-order valence-corrected chi connectivity index (χ0v) is 15.5. The summed E-state index contributed by atoms with van der Waals surface area (Å²) >= 11 is 0. The zero-order valence-electron chi connectivity index (χ0n) is 15.5. The molecule has 5 heteroatoms. The van der Waals surface area contributed by atoms with Crippen LogP contribution in [0.1, 0.15) is 38.8 Å². The molecule has 0 aliphatic carbocycles. The molecule has 0 atom stereocenters. The van der Waals surface area contributed by atoms with E-state index in [1.807, 2.05) is 18.2 Å². The molecule has 3 aromatic rings. The van der Waals surface area contributed by atoms with Crippen molar-refractivity contribution >= 4 is 28.9 Å². The van der Waals surface area contributed by atoms with Gasteiger partial charge in [-0.25, -0.2) is 4.98 Å². The van der Waals surface area contributed by atoms with Gasteiger partial charge in [0.1, 0.15) is 5.82 Å². The van der Waals surface area contributed by atoms with Crippen molar-refractivity contribution in [3.05, 3.63) is 83.0 Å². The Labute approximate surface area is 158 Å². The van der Waals surface area contributed by atoms with Crippen LogP contribution in [-0.2, 0) is 0 Å². The summed E-state index contributed by atoms with van der Waals surface area (Å²) in [6, 6.07) is 16.2. The Morgan fingerprint density at radius 2 is 1.52 bits per heavy atom. The van der Waals surface area contributed by atoms with E-state index < -0.39 is 0 Å². The van der Waals surface area contributed by atoms with Crippen LogP contribution in [0.15, 0.2) is 60.8 Å². The molecule has 1 amide bonds. The van der Waals surface area contributed by atoms with E-state index in [9.17, 15) is 9.59 Å². The van der Waals surface area contributed by atoms with Gasteiger partial charge in [-0.1, -0.05) is 6.07 Å². The predicted octanol–water partition coefficient (Wildman–Crippen LogP) is 4.90. The highest BCUT2D eigenvalue weighted by atomic mass is 16.1. The van der Waals surface area contributed by atoms with Gasteiger partial charge in [-0.05, 0) is 80.4 Å². The van der Waals surface area contributed by atoms with Gasteiger partial charge < -0.3 is 10.6 Å². The molecule has 0 fully saturated rings. The average molecular weight is 359 g/mol. The molecule has 2 aromatic carbocycles. The molecule has 0 radical (unpaired) electrons. The molecule has 0 bridgehead atoms. The number of anilines is 3. The summed E-state index contributed by atoms with van der Waals surface area (Å²) in [5.41, 5.74) is 5.05. The van der Waals surface area contributed by atoms with Crippen molar-refractivity contribution in [2.75, 3.05) is 10.6 Å². The molecular weight excluding hydrogens is 338 g/mol. The van der Waals surface area contributed by atoms with Gasteiger partial charge in [-0.2, -0.15) is 0 Å². The molecule has 3 rings (SSSR count). The summed E-state index contributed by atoms with van der Waals surface area (Å²) in [5.74, 6) is 0.345. The van der Waals surface area contributed by atoms with Crippen LogP contribution in [0.5, 0.6) is 0 Å². The number of carbonyl (C=O) groups excluding carboxylic acids is 2. The van der Waals surface area contributed by atoms with Crippen LogP contribution in [0.25, 0.3) is 0 Å². The number of hydrogen-bond acceptors (Lipinski definition) is 4. The first-order chi connectivity index (χ1) is 12.9. The summed E-state index contributed by atoms with van der Waals surface area (Å²) in [7, 11) is 0. The number of amides is 1. The van der Waals surface area contributed by atoms with Crippen LogP contribution in [-0.4, -0.2) is 16.7 Å². The van der Waals surface area contributed by atoms with E-state index in [1.165, 1.54) is 18.1 Å². The van der Waals surface area contributed by atoms with E-state index in [4.69, 9.17) is 0 Å². The Morgan fingerprint density at radius 1 is 0.815 bits per heavy atom. The summed E-state index contributed by atoms with van der Waals surface area (Å²) < 4.78 is 0. The first-order valence-corrected chi connectivity index (χ1v) is 8.65. The quantitative estimate of drug-likeness (QED) is 0.636. The van der Waals surface area contributed by atoms with Gasteiger partial charge >= 0.3 is 0 Å². The third kappa shape index (κ3) is 4.58. The maximum absolute atomic E-state index is 12.5. The lowest BCUT2D eigenvalue weighted by molar-refractivity contribution is 0.101. The number of pyridine rings is 1. The number of aromatic nitrogens is 1. The van der Waals surface area contributed by atoms with Crippen molar-refractivity contribution < 1.29 is 9.59 Å². The standard InChI is InChI=1S/C22H21N3O2/c1-14-4-7-20(12-15(14)2)24-21-13-18(10-11-23-21)22(27)25-19-8-5-17(6-9-19)16(3)26/h4-13H,1-3H3,(H,23,24)(H,25,27). The lowest BCUT2D eigenvalue weighted by atomic mass is 10.1. The summed E-state index contributed by atoms with van der Waals surface area (Å²) in [5, 5.41) is 6.05. The average Bonchev–Trinajstić information content (AvgIpc) is 2.65. The predicted molar refractivity (Wildman–Crippen MR) is 108 cm³/mol. The molecule has 1 heterocycles. The number of hydrogen-bond donors (Lipinski definition) is 2. The van der Waals surface area contributed by atoms with Crippen LogP contribution in [0.4, 0.5) is 17.2 Å². The Balaban J connectivity index is 1.73. The van der Waals surface area contributed by atoms with E-state index in [1.54, 1.807) is 42.6 Å². The molecule has 27 heavy (non-hydrogen) atoms.